The van der Waals surface area contributed by atoms with E-state index in [0.717, 1.165) is 0 Å². The van der Waals surface area contributed by atoms with Crippen LogP contribution < -0.4 is 37.6 Å². The number of hydrogen-bond donors (Lipinski definition) is 8. The van der Waals surface area contributed by atoms with Gasteiger partial charge in [0.25, 0.3) is 0 Å². The number of anilines is 1. The van der Waals surface area contributed by atoms with Crippen LogP contribution in [0.15, 0.2) is 54.6 Å². The van der Waals surface area contributed by atoms with E-state index in [0.29, 0.717) is 42.6 Å². The number of aliphatic hydroxyl groups excluding tert-OH is 1. The lowest BCUT2D eigenvalue weighted by Gasteiger charge is -2.41. The molecule has 1 aliphatic rings. The number of amides is 10. The van der Waals surface area contributed by atoms with Gasteiger partial charge in [-0.3, -0.25) is 43.3 Å². The van der Waals surface area contributed by atoms with E-state index in [-0.39, 0.29) is 82.6 Å². The fraction of sp³-hybridized carbons (Fsp3) is 0.667. The van der Waals surface area contributed by atoms with Crippen molar-refractivity contribution in [2.24, 2.45) is 35.3 Å². The van der Waals surface area contributed by atoms with E-state index in [4.69, 9.17) is 29.4 Å². The highest BCUT2D eigenvalue weighted by atomic mass is 16.6. The van der Waals surface area contributed by atoms with Crippen LogP contribution in [0.3, 0.4) is 0 Å². The molecule has 1 heterocycles. The number of primary amides is 1. The minimum Gasteiger partial charge on any atom is -0.463 e. The first-order valence-electron chi connectivity index (χ1n) is 32.1. The first kappa shape index (κ1) is 78.8. The molecule has 0 saturated carbocycles. The lowest BCUT2D eigenvalue weighted by Crippen LogP contribution is -2.60. The highest BCUT2D eigenvalue weighted by Crippen LogP contribution is 2.30. The summed E-state index contributed by atoms with van der Waals surface area (Å²) in [6.07, 6.45) is -0.959. The Hall–Kier alpha value is -7.42. The van der Waals surface area contributed by atoms with Gasteiger partial charge in [-0.15, -0.1) is 0 Å². The number of carbonyl (C=O) groups excluding carboxylic acids is 10. The molecule has 2 aromatic rings. The summed E-state index contributed by atoms with van der Waals surface area (Å²) in [6.45, 7) is 18.6. The van der Waals surface area contributed by atoms with E-state index in [1.807, 2.05) is 32.0 Å². The van der Waals surface area contributed by atoms with Crippen molar-refractivity contribution in [1.82, 2.24) is 41.3 Å². The highest BCUT2D eigenvalue weighted by Gasteiger charge is 2.44. The minimum absolute atomic E-state index is 0.00744. The van der Waals surface area contributed by atoms with Gasteiger partial charge in [0.1, 0.15) is 37.4 Å². The third-order valence-electron chi connectivity index (χ3n) is 16.9. The number of likely N-dealkylation sites (N-methyl/N-ethyl adjacent to an activating group) is 2. The van der Waals surface area contributed by atoms with Crippen molar-refractivity contribution in [1.29, 1.82) is 0 Å². The average Bonchev–Trinajstić information content (AvgIpc) is 1.37. The summed E-state index contributed by atoms with van der Waals surface area (Å²) in [4.78, 5) is 139. The number of nitrogens with zero attached hydrogens (tertiary/aromatic N) is 3. The Morgan fingerprint density at radius 3 is 1.93 bits per heavy atom. The molecule has 1 saturated heterocycles. The third-order valence-corrected chi connectivity index (χ3v) is 16.9. The average molecular weight is 1300 g/mol. The quantitative estimate of drug-likeness (QED) is 0.0324. The Morgan fingerprint density at radius 2 is 1.36 bits per heavy atom. The summed E-state index contributed by atoms with van der Waals surface area (Å²) < 4.78 is 27.6. The van der Waals surface area contributed by atoms with Crippen molar-refractivity contribution in [3.8, 4) is 0 Å². The van der Waals surface area contributed by atoms with Gasteiger partial charge in [-0.05, 0) is 86.0 Å². The summed E-state index contributed by atoms with van der Waals surface area (Å²) in [7, 11) is 7.56. The molecule has 12 atom stereocenters. The van der Waals surface area contributed by atoms with Gasteiger partial charge in [0, 0.05) is 67.0 Å². The molecule has 1 fully saturated rings. The SMILES string of the molecule is CC[C@H](C)[C@@H]([C@@H](CC(=O)N1CCC[C@H]1[C@H](OC)[C@@H](C)C(=O)N[C@H](C)[C@@H](O)c1ccccc1)OC)N(C)C(=O)[C@@H](NC(=O)[C@H](C(C)C)N(C)C(=O)OCc1ccc(NC(=O)[C@H](CCCNC(N)=O)NC(=O)[C@@H](NC(=O)CCCC(=O)OCCOC)C(C)C)cc1)C(C)C. The van der Waals surface area contributed by atoms with Gasteiger partial charge >= 0.3 is 18.1 Å². The van der Waals surface area contributed by atoms with E-state index in [9.17, 15) is 53.1 Å². The maximum Gasteiger partial charge on any atom is 0.410 e. The van der Waals surface area contributed by atoms with Crippen LogP contribution in [-0.4, -0.2) is 195 Å². The van der Waals surface area contributed by atoms with Gasteiger partial charge < -0.3 is 76.2 Å². The molecule has 0 aromatic heterocycles. The van der Waals surface area contributed by atoms with Crippen molar-refractivity contribution in [3.05, 3.63) is 65.7 Å². The molecule has 9 N–H and O–H groups in total. The molecule has 2 aromatic carbocycles. The smallest absolute Gasteiger partial charge is 0.410 e. The number of esters is 1. The van der Waals surface area contributed by atoms with Crippen molar-refractivity contribution in [2.45, 2.75) is 194 Å². The molecule has 10 amide bonds. The van der Waals surface area contributed by atoms with Crippen molar-refractivity contribution < 1.29 is 76.7 Å². The molecule has 0 radical (unpaired) electrons. The van der Waals surface area contributed by atoms with Crippen molar-refractivity contribution in [3.63, 3.8) is 0 Å². The molecular weight excluding hydrogens is 1190 g/mol. The number of hydrogen-bond acceptors (Lipinski definition) is 16. The summed E-state index contributed by atoms with van der Waals surface area (Å²) in [5.74, 6) is -5.88. The molecular formula is C66H106N10O16. The van der Waals surface area contributed by atoms with E-state index < -0.39 is 132 Å². The van der Waals surface area contributed by atoms with Crippen LogP contribution in [0.1, 0.15) is 144 Å². The zero-order valence-electron chi connectivity index (χ0n) is 56.7. The Labute approximate surface area is 543 Å². The predicted octanol–water partition coefficient (Wildman–Crippen LogP) is 4.95. The first-order valence-corrected chi connectivity index (χ1v) is 32.1. The van der Waals surface area contributed by atoms with Crippen LogP contribution in [0.2, 0.25) is 0 Å². The molecule has 0 aliphatic carbocycles. The van der Waals surface area contributed by atoms with Gasteiger partial charge in [0.2, 0.25) is 41.4 Å². The van der Waals surface area contributed by atoms with Crippen LogP contribution in [0.4, 0.5) is 15.3 Å². The number of methoxy groups -OCH3 is 3. The molecule has 1 aliphatic heterocycles. The molecule has 26 heteroatoms. The van der Waals surface area contributed by atoms with Gasteiger partial charge in [-0.25, -0.2) is 9.59 Å². The number of ether oxygens (including phenoxy) is 5. The number of likely N-dealkylation sites (tertiary alicyclic amines) is 1. The van der Waals surface area contributed by atoms with E-state index in [1.165, 1.54) is 33.3 Å². The maximum atomic E-state index is 14.8. The summed E-state index contributed by atoms with van der Waals surface area (Å²) in [5.41, 5.74) is 6.75. The van der Waals surface area contributed by atoms with Crippen molar-refractivity contribution in [2.75, 3.05) is 67.0 Å². The number of carbonyl (C=O) groups is 10. The number of nitrogens with one attached hydrogen (secondary N) is 6. The number of benzene rings is 2. The van der Waals surface area contributed by atoms with Gasteiger partial charge in [0.05, 0.1) is 55.4 Å². The Kier molecular flexibility index (Phi) is 34.1. The lowest BCUT2D eigenvalue weighted by molar-refractivity contribution is -0.148. The molecule has 3 rings (SSSR count). The maximum absolute atomic E-state index is 14.8. The van der Waals surface area contributed by atoms with Crippen LogP contribution in [-0.2, 0) is 68.6 Å². The van der Waals surface area contributed by atoms with Gasteiger partial charge in [-0.2, -0.15) is 0 Å². The standard InChI is InChI=1S/C66H106N10O16/c1-16-42(8)57(50(89-14)37-52(78)76-34-22-26-49(76)59(90-15)43(9)60(81)69-44(10)58(80)46-23-18-17-19-24-46)74(11)64(85)55(40(4)5)73-63(84)56(41(6)7)75(12)66(87)92-38-45-29-31-47(32-30-45)70-61(82)48(25-21-33-68-65(67)86)71-62(83)54(39(2)3)72-51(77)27-20-28-53(79)91-36-35-88-13/h17-19,23-24,29-32,39-44,48-50,54-59,80H,16,20-22,25-28,33-38H2,1-15H3,(H,69,81)(H,70,82)(H,71,83)(H,72,77)(H,73,84)(H3,67,68,86)/t42-,43+,44+,48-,49-,50+,54-,55-,56-,57-,58+,59+/m0/s1. The zero-order valence-corrected chi connectivity index (χ0v) is 56.7. The summed E-state index contributed by atoms with van der Waals surface area (Å²) in [6, 6.07) is 8.69. The minimum atomic E-state index is -1.12. The van der Waals surface area contributed by atoms with Crippen molar-refractivity contribution >= 4 is 65.1 Å². The predicted molar refractivity (Wildman–Crippen MR) is 346 cm³/mol. The van der Waals surface area contributed by atoms with Crippen LogP contribution in [0, 0.1) is 29.6 Å². The monoisotopic (exact) mass is 1290 g/mol. The number of aliphatic hydroxyl groups is 1. The molecule has 0 spiro atoms. The molecule has 516 valence electrons. The molecule has 92 heavy (non-hydrogen) atoms. The normalized spacial score (nSPS) is 16.7. The second-order valence-corrected chi connectivity index (χ2v) is 24.9. The number of urea groups is 1. The van der Waals surface area contributed by atoms with Crippen LogP contribution >= 0.6 is 0 Å². The van der Waals surface area contributed by atoms with Crippen LogP contribution in [0.25, 0.3) is 0 Å². The number of rotatable bonds is 39. The third kappa shape index (κ3) is 24.6. The van der Waals surface area contributed by atoms with E-state index >= 15 is 0 Å². The number of nitrogens with two attached hydrogens (primary N) is 1. The largest absolute Gasteiger partial charge is 0.463 e. The fourth-order valence-corrected chi connectivity index (χ4v) is 11.4. The Morgan fingerprint density at radius 1 is 0.707 bits per heavy atom. The summed E-state index contributed by atoms with van der Waals surface area (Å²) >= 11 is 0. The fourth-order valence-electron chi connectivity index (χ4n) is 11.4. The lowest BCUT2D eigenvalue weighted by atomic mass is 9.89. The first-order chi connectivity index (χ1) is 43.5. The van der Waals surface area contributed by atoms with Crippen LogP contribution in [0.5, 0.6) is 0 Å². The Bertz CT molecular complexity index is 2680. The molecule has 0 unspecified atom stereocenters. The second-order valence-electron chi connectivity index (χ2n) is 24.9. The zero-order chi connectivity index (χ0) is 68.9. The Balaban J connectivity index is 1.69. The second kappa shape index (κ2) is 39.9. The van der Waals surface area contributed by atoms with Gasteiger partial charge in [0.15, 0.2) is 0 Å². The summed E-state index contributed by atoms with van der Waals surface area (Å²) in [5, 5.41) is 27.5. The topological polar surface area (TPSA) is 345 Å². The molecule has 0 bridgehead atoms. The highest BCUT2D eigenvalue weighted by molar-refractivity contribution is 5.98. The molecule has 26 nitrogen and oxygen atoms in total. The van der Waals surface area contributed by atoms with E-state index in [1.54, 1.807) is 109 Å². The van der Waals surface area contributed by atoms with E-state index in [2.05, 4.69) is 31.9 Å². The van der Waals surface area contributed by atoms with Gasteiger partial charge in [-0.1, -0.05) is 111 Å².